The van der Waals surface area contributed by atoms with Crippen LogP contribution in [-0.4, -0.2) is 16.1 Å². The van der Waals surface area contributed by atoms with E-state index in [1.807, 2.05) is 12.1 Å². The van der Waals surface area contributed by atoms with Crippen LogP contribution in [-0.2, 0) is 5.41 Å². The van der Waals surface area contributed by atoms with Gasteiger partial charge < -0.3 is 9.73 Å². The molecule has 0 spiro atoms. The molecular formula is C19H19N3O2. The molecule has 1 atom stereocenters. The Balaban J connectivity index is 1.77. The van der Waals surface area contributed by atoms with Crippen molar-refractivity contribution >= 4 is 5.91 Å². The van der Waals surface area contributed by atoms with E-state index in [0.29, 0.717) is 11.5 Å². The van der Waals surface area contributed by atoms with Crippen molar-refractivity contribution in [3.05, 3.63) is 65.0 Å². The molecule has 0 saturated carbocycles. The van der Waals surface area contributed by atoms with Crippen molar-refractivity contribution in [1.29, 1.82) is 0 Å². The van der Waals surface area contributed by atoms with E-state index in [-0.39, 0.29) is 17.4 Å². The van der Waals surface area contributed by atoms with Crippen molar-refractivity contribution in [3.63, 3.8) is 0 Å². The van der Waals surface area contributed by atoms with Crippen molar-refractivity contribution in [2.24, 2.45) is 0 Å². The van der Waals surface area contributed by atoms with Crippen LogP contribution >= 0.6 is 0 Å². The van der Waals surface area contributed by atoms with Gasteiger partial charge in [0.15, 0.2) is 11.5 Å². The second-order valence-corrected chi connectivity index (χ2v) is 7.12. The number of carbonyl (C=O) groups is 1. The van der Waals surface area contributed by atoms with E-state index in [4.69, 9.17) is 4.42 Å². The monoisotopic (exact) mass is 321 g/mol. The van der Waals surface area contributed by atoms with Crippen LogP contribution < -0.4 is 5.32 Å². The minimum atomic E-state index is -0.222. The number of carbonyl (C=O) groups excluding carboxylic acids is 1. The summed E-state index contributed by atoms with van der Waals surface area (Å²) < 4.78 is 5.48. The highest BCUT2D eigenvalue weighted by molar-refractivity contribution is 5.99. The van der Waals surface area contributed by atoms with Gasteiger partial charge in [0.1, 0.15) is 5.69 Å². The molecule has 3 heterocycles. The fourth-order valence-corrected chi connectivity index (χ4v) is 3.11. The molecule has 24 heavy (non-hydrogen) atoms. The number of hydrogen-bond donors (Lipinski definition) is 2. The van der Waals surface area contributed by atoms with Crippen LogP contribution in [0.3, 0.4) is 0 Å². The third-order valence-corrected chi connectivity index (χ3v) is 4.46. The number of fused-ring (bicyclic) bond motifs is 1. The Morgan fingerprint density at radius 3 is 2.50 bits per heavy atom. The quantitative estimate of drug-likeness (QED) is 0.754. The molecule has 122 valence electrons. The molecule has 2 N–H and O–H groups in total. The lowest BCUT2D eigenvalue weighted by atomic mass is 9.86. The average Bonchev–Trinajstić information content (AvgIpc) is 3.24. The molecule has 1 aliphatic heterocycles. The normalized spacial score (nSPS) is 17.0. The highest BCUT2D eigenvalue weighted by Gasteiger charge is 2.36. The SMILES string of the molecule is CC(C)(C)c1ccc([C@@H]2NC(=O)c3n[nH]c(-c4ccco4)c32)cc1. The second kappa shape index (κ2) is 5.09. The Morgan fingerprint density at radius 2 is 1.88 bits per heavy atom. The van der Waals surface area contributed by atoms with Crippen LogP contribution in [0.1, 0.15) is 54.0 Å². The highest BCUT2D eigenvalue weighted by atomic mass is 16.3. The van der Waals surface area contributed by atoms with Gasteiger partial charge in [-0.2, -0.15) is 5.10 Å². The summed E-state index contributed by atoms with van der Waals surface area (Å²) in [6, 6.07) is 11.8. The molecule has 1 aliphatic rings. The number of aromatic amines is 1. The summed E-state index contributed by atoms with van der Waals surface area (Å²) in [5, 5.41) is 10.1. The Labute approximate surface area is 140 Å². The molecule has 0 unspecified atom stereocenters. The van der Waals surface area contributed by atoms with Crippen molar-refractivity contribution < 1.29 is 9.21 Å². The lowest BCUT2D eigenvalue weighted by Gasteiger charge is -2.20. The lowest BCUT2D eigenvalue weighted by Crippen LogP contribution is -2.21. The first-order chi connectivity index (χ1) is 11.4. The zero-order chi connectivity index (χ0) is 16.9. The van der Waals surface area contributed by atoms with Gasteiger partial charge in [-0.15, -0.1) is 0 Å². The molecular weight excluding hydrogens is 302 g/mol. The number of aromatic nitrogens is 2. The summed E-state index contributed by atoms with van der Waals surface area (Å²) in [4.78, 5) is 12.2. The Bertz CT molecular complexity index is 884. The van der Waals surface area contributed by atoms with Gasteiger partial charge in [-0.1, -0.05) is 45.0 Å². The smallest absolute Gasteiger partial charge is 0.272 e. The van der Waals surface area contributed by atoms with Gasteiger partial charge in [0.05, 0.1) is 12.3 Å². The summed E-state index contributed by atoms with van der Waals surface area (Å²) in [7, 11) is 0. The van der Waals surface area contributed by atoms with E-state index in [0.717, 1.165) is 16.8 Å². The van der Waals surface area contributed by atoms with Crippen LogP contribution in [0.5, 0.6) is 0 Å². The van der Waals surface area contributed by atoms with Crippen molar-refractivity contribution in [1.82, 2.24) is 15.5 Å². The molecule has 1 aromatic carbocycles. The van der Waals surface area contributed by atoms with E-state index in [1.165, 1.54) is 5.56 Å². The van der Waals surface area contributed by atoms with E-state index >= 15 is 0 Å². The predicted octanol–water partition coefficient (Wildman–Crippen LogP) is 3.80. The van der Waals surface area contributed by atoms with E-state index in [1.54, 1.807) is 6.26 Å². The van der Waals surface area contributed by atoms with E-state index in [9.17, 15) is 4.79 Å². The zero-order valence-electron chi connectivity index (χ0n) is 13.9. The molecule has 5 nitrogen and oxygen atoms in total. The second-order valence-electron chi connectivity index (χ2n) is 7.12. The molecule has 5 heteroatoms. The fourth-order valence-electron chi connectivity index (χ4n) is 3.11. The van der Waals surface area contributed by atoms with E-state index in [2.05, 4.69) is 60.6 Å². The van der Waals surface area contributed by atoms with Gasteiger partial charge in [-0.25, -0.2) is 0 Å². The number of rotatable bonds is 2. The van der Waals surface area contributed by atoms with Crippen molar-refractivity contribution in [2.75, 3.05) is 0 Å². The van der Waals surface area contributed by atoms with Crippen LogP contribution in [0.15, 0.2) is 47.1 Å². The number of amides is 1. The molecule has 1 amide bonds. The number of H-pyrrole nitrogens is 1. The topological polar surface area (TPSA) is 70.9 Å². The van der Waals surface area contributed by atoms with Gasteiger partial charge in [0.2, 0.25) is 0 Å². The fraction of sp³-hybridized carbons (Fsp3) is 0.263. The number of nitrogens with one attached hydrogen (secondary N) is 2. The Morgan fingerprint density at radius 1 is 1.12 bits per heavy atom. The molecule has 0 bridgehead atoms. The van der Waals surface area contributed by atoms with Gasteiger partial charge in [0.25, 0.3) is 5.91 Å². The maximum absolute atomic E-state index is 12.2. The summed E-state index contributed by atoms with van der Waals surface area (Å²) in [6.45, 7) is 6.55. The minimum absolute atomic E-state index is 0.0948. The molecule has 2 aromatic heterocycles. The molecule has 0 fully saturated rings. The first-order valence-electron chi connectivity index (χ1n) is 7.98. The van der Waals surface area contributed by atoms with Crippen LogP contribution in [0.2, 0.25) is 0 Å². The number of furan rings is 1. The van der Waals surface area contributed by atoms with Crippen molar-refractivity contribution in [3.8, 4) is 11.5 Å². The maximum Gasteiger partial charge on any atom is 0.272 e. The summed E-state index contributed by atoms with van der Waals surface area (Å²) in [6.07, 6.45) is 1.61. The third kappa shape index (κ3) is 2.24. The Hall–Kier alpha value is -2.82. The predicted molar refractivity (Wildman–Crippen MR) is 90.7 cm³/mol. The van der Waals surface area contributed by atoms with Crippen LogP contribution in [0.25, 0.3) is 11.5 Å². The molecule has 0 aliphatic carbocycles. The average molecular weight is 321 g/mol. The summed E-state index contributed by atoms with van der Waals surface area (Å²) >= 11 is 0. The maximum atomic E-state index is 12.2. The van der Waals surface area contributed by atoms with Crippen molar-refractivity contribution in [2.45, 2.75) is 32.2 Å². The van der Waals surface area contributed by atoms with Gasteiger partial charge in [0, 0.05) is 5.56 Å². The molecule has 0 saturated heterocycles. The molecule has 3 aromatic rings. The van der Waals surface area contributed by atoms with Crippen LogP contribution in [0, 0.1) is 0 Å². The summed E-state index contributed by atoms with van der Waals surface area (Å²) in [5.41, 5.74) is 4.42. The zero-order valence-corrected chi connectivity index (χ0v) is 13.9. The highest BCUT2D eigenvalue weighted by Crippen LogP contribution is 2.37. The summed E-state index contributed by atoms with van der Waals surface area (Å²) in [5.74, 6) is 0.514. The number of benzene rings is 1. The largest absolute Gasteiger partial charge is 0.463 e. The lowest BCUT2D eigenvalue weighted by molar-refractivity contribution is 0.0955. The van der Waals surface area contributed by atoms with Gasteiger partial charge in [-0.3, -0.25) is 9.89 Å². The first-order valence-corrected chi connectivity index (χ1v) is 7.98. The minimum Gasteiger partial charge on any atom is -0.463 e. The third-order valence-electron chi connectivity index (χ3n) is 4.46. The Kier molecular flexibility index (Phi) is 3.13. The van der Waals surface area contributed by atoms with Crippen LogP contribution in [0.4, 0.5) is 0 Å². The van der Waals surface area contributed by atoms with Gasteiger partial charge >= 0.3 is 0 Å². The number of nitrogens with zero attached hydrogens (tertiary/aromatic N) is 1. The molecule has 4 rings (SSSR count). The standard InChI is InChI=1S/C19H19N3O2/c1-19(2,3)12-8-6-11(7-9-12)15-14-16(13-5-4-10-24-13)21-22-17(14)18(23)20-15/h4-10,15H,1-3H3,(H,20,23)(H,21,22)/t15-/m0/s1. The first kappa shape index (κ1) is 14.8. The van der Waals surface area contributed by atoms with E-state index < -0.39 is 0 Å². The van der Waals surface area contributed by atoms with Gasteiger partial charge in [-0.05, 0) is 28.7 Å². The number of hydrogen-bond acceptors (Lipinski definition) is 3. The molecule has 0 radical (unpaired) electrons.